The van der Waals surface area contributed by atoms with Crippen molar-refractivity contribution in [3.63, 3.8) is 0 Å². The summed E-state index contributed by atoms with van der Waals surface area (Å²) in [5, 5.41) is 14.6. The number of fused-ring (bicyclic) bond motifs is 6. The number of para-hydroxylation sites is 3. The minimum atomic E-state index is 0.0414. The van der Waals surface area contributed by atoms with Crippen LogP contribution in [0, 0.1) is 0 Å². The zero-order valence-corrected chi connectivity index (χ0v) is 21.8. The van der Waals surface area contributed by atoms with E-state index in [1.54, 1.807) is 0 Å². The number of hydrogen-bond donors (Lipinski definition) is 1. The first-order valence-corrected chi connectivity index (χ1v) is 13.6. The first kappa shape index (κ1) is 22.8. The highest BCUT2D eigenvalue weighted by atomic mass is 16.3. The summed E-state index contributed by atoms with van der Waals surface area (Å²) in [6.07, 6.45) is 0. The standard InChI is InChI=1S/C37H26N2O/c40-24-25-13-22-37-33(23-25)32-9-3-6-12-36(32)39(37)29-20-16-27(17-21-29)26-14-18-28(19-15-26)38-34-10-4-1-7-30(34)31-8-2-5-11-35(31)38/h1-23,40H,24H2. The molecule has 0 aliphatic rings. The van der Waals surface area contributed by atoms with E-state index in [0.29, 0.717) is 0 Å². The van der Waals surface area contributed by atoms with Gasteiger partial charge in [-0.15, -0.1) is 0 Å². The third-order valence-corrected chi connectivity index (χ3v) is 8.08. The van der Waals surface area contributed by atoms with E-state index in [9.17, 15) is 5.11 Å². The van der Waals surface area contributed by atoms with Gasteiger partial charge in [0.25, 0.3) is 0 Å². The van der Waals surface area contributed by atoms with Crippen molar-refractivity contribution in [3.8, 4) is 22.5 Å². The van der Waals surface area contributed by atoms with Gasteiger partial charge in [0, 0.05) is 32.9 Å². The number of aromatic nitrogens is 2. The van der Waals surface area contributed by atoms with Crippen molar-refractivity contribution in [3.05, 3.63) is 145 Å². The quantitative estimate of drug-likeness (QED) is 0.249. The van der Waals surface area contributed by atoms with Gasteiger partial charge in [-0.3, -0.25) is 0 Å². The molecule has 0 spiro atoms. The summed E-state index contributed by atoms with van der Waals surface area (Å²) < 4.78 is 4.66. The minimum Gasteiger partial charge on any atom is -0.392 e. The lowest BCUT2D eigenvalue weighted by Gasteiger charge is -2.11. The molecule has 0 radical (unpaired) electrons. The molecule has 0 atom stereocenters. The fourth-order valence-electron chi connectivity index (χ4n) is 6.20. The first-order chi connectivity index (χ1) is 19.8. The van der Waals surface area contributed by atoms with E-state index in [1.807, 2.05) is 6.07 Å². The first-order valence-electron chi connectivity index (χ1n) is 13.6. The smallest absolute Gasteiger partial charge is 0.0682 e. The van der Waals surface area contributed by atoms with Gasteiger partial charge in [0.1, 0.15) is 0 Å². The Bertz CT molecular complexity index is 2130. The molecule has 3 nitrogen and oxygen atoms in total. The molecule has 0 bridgehead atoms. The van der Waals surface area contributed by atoms with Crippen LogP contribution in [-0.2, 0) is 6.61 Å². The Kier molecular flexibility index (Phi) is 5.12. The van der Waals surface area contributed by atoms with E-state index in [-0.39, 0.29) is 6.61 Å². The molecular formula is C37H26N2O. The Hall–Kier alpha value is -5.12. The van der Waals surface area contributed by atoms with Crippen molar-refractivity contribution in [2.45, 2.75) is 6.61 Å². The maximum absolute atomic E-state index is 9.69. The second-order valence-electron chi connectivity index (χ2n) is 10.3. The van der Waals surface area contributed by atoms with Crippen LogP contribution in [0.5, 0.6) is 0 Å². The zero-order chi connectivity index (χ0) is 26.6. The average Bonchev–Trinajstić information content (AvgIpc) is 3.54. The molecular weight excluding hydrogens is 488 g/mol. The molecule has 0 unspecified atom stereocenters. The Labute approximate surface area is 231 Å². The van der Waals surface area contributed by atoms with Gasteiger partial charge in [-0.2, -0.15) is 0 Å². The monoisotopic (exact) mass is 514 g/mol. The van der Waals surface area contributed by atoms with E-state index in [2.05, 4.69) is 143 Å². The van der Waals surface area contributed by atoms with Crippen molar-refractivity contribution < 1.29 is 5.11 Å². The maximum Gasteiger partial charge on any atom is 0.0682 e. The summed E-state index contributed by atoms with van der Waals surface area (Å²) in [7, 11) is 0. The third kappa shape index (κ3) is 3.42. The highest BCUT2D eigenvalue weighted by molar-refractivity contribution is 6.10. The van der Waals surface area contributed by atoms with Crippen molar-refractivity contribution in [2.75, 3.05) is 0 Å². The molecule has 3 heteroatoms. The van der Waals surface area contributed by atoms with Crippen molar-refractivity contribution in [1.82, 2.24) is 9.13 Å². The van der Waals surface area contributed by atoms with E-state index in [4.69, 9.17) is 0 Å². The van der Waals surface area contributed by atoms with Crippen LogP contribution in [0.1, 0.15) is 5.56 Å². The maximum atomic E-state index is 9.69. The predicted octanol–water partition coefficient (Wildman–Crippen LogP) is 9.04. The van der Waals surface area contributed by atoms with Crippen molar-refractivity contribution in [2.24, 2.45) is 0 Å². The molecule has 6 aromatic carbocycles. The molecule has 0 aliphatic heterocycles. The third-order valence-electron chi connectivity index (χ3n) is 8.08. The fraction of sp³-hybridized carbons (Fsp3) is 0.0270. The number of hydrogen-bond acceptors (Lipinski definition) is 1. The lowest BCUT2D eigenvalue weighted by Crippen LogP contribution is -1.95. The topological polar surface area (TPSA) is 30.1 Å². The van der Waals surface area contributed by atoms with Gasteiger partial charge >= 0.3 is 0 Å². The van der Waals surface area contributed by atoms with Crippen molar-refractivity contribution in [1.29, 1.82) is 0 Å². The Morgan fingerprint density at radius 3 is 1.25 bits per heavy atom. The second kappa shape index (κ2) is 8.98. The summed E-state index contributed by atoms with van der Waals surface area (Å²) >= 11 is 0. The van der Waals surface area contributed by atoms with Crippen LogP contribution >= 0.6 is 0 Å². The Morgan fingerprint density at radius 1 is 0.400 bits per heavy atom. The van der Waals surface area contributed by atoms with Crippen LogP contribution in [-0.4, -0.2) is 14.2 Å². The van der Waals surface area contributed by atoms with Crippen LogP contribution in [0.15, 0.2) is 140 Å². The summed E-state index contributed by atoms with van der Waals surface area (Å²) in [6.45, 7) is 0.0414. The summed E-state index contributed by atoms with van der Waals surface area (Å²) in [4.78, 5) is 0. The van der Waals surface area contributed by atoms with Crippen molar-refractivity contribution >= 4 is 43.6 Å². The SMILES string of the molecule is OCc1ccc2c(c1)c1ccccc1n2-c1ccc(-c2ccc(-n3c4ccccc4c4ccccc43)cc2)cc1. The Morgan fingerprint density at radius 2 is 0.800 bits per heavy atom. The molecule has 0 amide bonds. The van der Waals surface area contributed by atoms with E-state index in [0.717, 1.165) is 33.4 Å². The fourth-order valence-corrected chi connectivity index (χ4v) is 6.20. The molecule has 2 heterocycles. The summed E-state index contributed by atoms with van der Waals surface area (Å²) in [6, 6.07) is 49.6. The molecule has 0 saturated heterocycles. The molecule has 8 aromatic rings. The second-order valence-corrected chi connectivity index (χ2v) is 10.3. The number of nitrogens with zero attached hydrogens (tertiary/aromatic N) is 2. The van der Waals surface area contributed by atoms with Crippen LogP contribution in [0.2, 0.25) is 0 Å². The van der Waals surface area contributed by atoms with Gasteiger partial charge < -0.3 is 14.2 Å². The largest absolute Gasteiger partial charge is 0.392 e. The van der Waals surface area contributed by atoms with Gasteiger partial charge in [0.05, 0.1) is 28.7 Å². The zero-order valence-electron chi connectivity index (χ0n) is 21.8. The average molecular weight is 515 g/mol. The molecule has 0 saturated carbocycles. The lowest BCUT2D eigenvalue weighted by molar-refractivity contribution is 0.282. The van der Waals surface area contributed by atoms with Gasteiger partial charge in [-0.05, 0) is 71.3 Å². The van der Waals surface area contributed by atoms with E-state index in [1.165, 1.54) is 38.3 Å². The number of benzene rings is 6. The molecule has 2 aromatic heterocycles. The molecule has 8 rings (SSSR count). The van der Waals surface area contributed by atoms with E-state index >= 15 is 0 Å². The summed E-state index contributed by atoms with van der Waals surface area (Å²) in [5.74, 6) is 0. The Balaban J connectivity index is 1.19. The van der Waals surface area contributed by atoms with E-state index < -0.39 is 0 Å². The van der Waals surface area contributed by atoms with Gasteiger partial charge in [0.2, 0.25) is 0 Å². The molecule has 190 valence electrons. The number of rotatable bonds is 4. The highest BCUT2D eigenvalue weighted by Crippen LogP contribution is 2.35. The molecule has 0 aliphatic carbocycles. The highest BCUT2D eigenvalue weighted by Gasteiger charge is 2.14. The molecule has 1 N–H and O–H groups in total. The predicted molar refractivity (Wildman–Crippen MR) is 166 cm³/mol. The van der Waals surface area contributed by atoms with Crippen LogP contribution in [0.3, 0.4) is 0 Å². The normalized spacial score (nSPS) is 11.7. The van der Waals surface area contributed by atoms with Crippen LogP contribution in [0.4, 0.5) is 0 Å². The molecule has 40 heavy (non-hydrogen) atoms. The van der Waals surface area contributed by atoms with Gasteiger partial charge in [-0.25, -0.2) is 0 Å². The minimum absolute atomic E-state index is 0.0414. The van der Waals surface area contributed by atoms with Gasteiger partial charge in [-0.1, -0.05) is 84.9 Å². The molecule has 0 fully saturated rings. The van der Waals surface area contributed by atoms with Gasteiger partial charge in [0.15, 0.2) is 0 Å². The lowest BCUT2D eigenvalue weighted by atomic mass is 10.0. The number of aliphatic hydroxyl groups excluding tert-OH is 1. The number of aliphatic hydroxyl groups is 1. The van der Waals surface area contributed by atoms with Crippen LogP contribution in [0.25, 0.3) is 66.1 Å². The summed E-state index contributed by atoms with van der Waals surface area (Å²) in [5.41, 5.74) is 10.3. The van der Waals surface area contributed by atoms with Crippen LogP contribution < -0.4 is 0 Å².